The van der Waals surface area contributed by atoms with Gasteiger partial charge in [-0.1, -0.05) is 160 Å². The lowest BCUT2D eigenvalue weighted by atomic mass is 10.0. The van der Waals surface area contributed by atoms with Gasteiger partial charge in [-0.25, -0.2) is 29.1 Å². The van der Waals surface area contributed by atoms with E-state index in [-0.39, 0.29) is 23.9 Å². The largest absolute Gasteiger partial charge is 0.462 e. The van der Waals surface area contributed by atoms with E-state index in [4.69, 9.17) is 28.9 Å². The summed E-state index contributed by atoms with van der Waals surface area (Å²) in [6.45, 7) is 10.1. The predicted octanol–water partition coefficient (Wildman–Crippen LogP) is 18.7. The highest BCUT2D eigenvalue weighted by Gasteiger charge is 2.21. The number of hydrogen-bond donors (Lipinski definition) is 2. The van der Waals surface area contributed by atoms with Gasteiger partial charge in [-0.3, -0.25) is 0 Å². The van der Waals surface area contributed by atoms with Gasteiger partial charge in [0.05, 0.1) is 71.5 Å². The Balaban J connectivity index is 1.22. The summed E-state index contributed by atoms with van der Waals surface area (Å²) in [5.74, 6) is -1.48. The third-order valence-electron chi connectivity index (χ3n) is 15.6. The first-order valence-electron chi connectivity index (χ1n) is 30.9. The van der Waals surface area contributed by atoms with Crippen LogP contribution in [0.1, 0.15) is 201 Å². The Morgan fingerprint density at radius 3 is 0.729 bits per heavy atom. The van der Waals surface area contributed by atoms with E-state index in [0.717, 1.165) is 169 Å². The smallest absolute Gasteiger partial charge is 0.338 e. The lowest BCUT2D eigenvalue weighted by Crippen LogP contribution is -2.06. The van der Waals surface area contributed by atoms with Crippen LogP contribution in [-0.4, -0.2) is 70.2 Å². The van der Waals surface area contributed by atoms with Gasteiger partial charge in [-0.15, -0.1) is 0 Å². The molecule has 2 aliphatic heterocycles. The number of rotatable bonds is 29. The molecule has 0 fully saturated rings. The SMILES string of the molecule is CCCCCCCOC(=O)c1ccc(-c2c3nc(c(-c4ccc(C(=O)OCCCCCC)cc4)c4ccc([nH]4)c(-c4ccc(C(=O)OCCCCCC)cc4)c4nc(c(-c5ccc(C(=O)OCCCCCC)cc5)c5ccc2[nH]5)C=C4)C=C3)cc1. The van der Waals surface area contributed by atoms with Gasteiger partial charge >= 0.3 is 23.9 Å². The first-order valence-corrected chi connectivity index (χ1v) is 30.9. The number of nitrogens with one attached hydrogen (secondary N) is 2. The Kier molecular flexibility index (Phi) is 22.1. The summed E-state index contributed by atoms with van der Waals surface area (Å²) in [7, 11) is 0. The zero-order valence-corrected chi connectivity index (χ0v) is 49.9. The van der Waals surface area contributed by atoms with Crippen LogP contribution < -0.4 is 0 Å². The normalized spacial score (nSPS) is 11.7. The quantitative estimate of drug-likeness (QED) is 0.0262. The number of benzene rings is 4. The number of unbranched alkanes of at least 4 members (excludes halogenated alkanes) is 13. The maximum Gasteiger partial charge on any atom is 0.338 e. The molecule has 2 N–H and O–H groups in total. The third-order valence-corrected chi connectivity index (χ3v) is 15.6. The van der Waals surface area contributed by atoms with Crippen LogP contribution in [0.5, 0.6) is 0 Å². The standard InChI is InChI=1S/C73H80N4O8/c1-5-9-13-17-21-49-85-73(81)57-36-28-53(29-37-57)69-64-44-42-62(76-64)67(51-24-32-55(33-25-51)71(79)83-47-19-15-11-7-3)60-40-38-58(74-60)66(50-22-30-54(31-23-50)70(78)82-46-18-14-10-6-2)59-39-41-61(75-59)68(63-43-45-65(69)77-63)52-26-34-56(35-27-52)72(80)84-48-20-16-12-8-4/h22-45,74,77H,5-21,46-49H2,1-4H3. The number of nitrogens with zero attached hydrogens (tertiary/aromatic N) is 2. The summed E-state index contributed by atoms with van der Waals surface area (Å²) >= 11 is 0. The number of aromatic nitrogens is 4. The molecule has 85 heavy (non-hydrogen) atoms. The van der Waals surface area contributed by atoms with Gasteiger partial charge in [-0.2, -0.15) is 0 Å². The molecule has 3 aromatic heterocycles. The van der Waals surface area contributed by atoms with Gasteiger partial charge in [0.15, 0.2) is 0 Å². The molecule has 8 bridgehead atoms. The molecule has 2 aliphatic rings. The molecular weight excluding hydrogens is 1060 g/mol. The molecule has 440 valence electrons. The van der Waals surface area contributed by atoms with Crippen molar-refractivity contribution in [3.8, 4) is 44.5 Å². The fraction of sp³-hybridized carbons (Fsp3) is 0.342. The molecule has 0 spiro atoms. The molecule has 0 unspecified atom stereocenters. The molecule has 12 heteroatoms. The Morgan fingerprint density at radius 1 is 0.294 bits per heavy atom. The molecule has 0 aliphatic carbocycles. The van der Waals surface area contributed by atoms with E-state index < -0.39 is 0 Å². The molecule has 9 rings (SSSR count). The van der Waals surface area contributed by atoms with Crippen molar-refractivity contribution in [3.63, 3.8) is 0 Å². The van der Waals surface area contributed by atoms with Gasteiger partial charge in [0.25, 0.3) is 0 Å². The van der Waals surface area contributed by atoms with Crippen molar-refractivity contribution >= 4 is 70.2 Å². The number of esters is 4. The molecule has 0 saturated carbocycles. The molecule has 0 saturated heterocycles. The zero-order chi connectivity index (χ0) is 59.3. The van der Waals surface area contributed by atoms with Crippen LogP contribution in [0, 0.1) is 0 Å². The van der Waals surface area contributed by atoms with Crippen LogP contribution in [0.15, 0.2) is 121 Å². The van der Waals surface area contributed by atoms with Crippen LogP contribution in [0.25, 0.3) is 90.9 Å². The summed E-state index contributed by atoms with van der Waals surface area (Å²) in [5.41, 5.74) is 13.9. The Bertz CT molecular complexity index is 3580. The Morgan fingerprint density at radius 2 is 0.506 bits per heavy atom. The number of H-pyrrole nitrogens is 2. The molecule has 0 radical (unpaired) electrons. The van der Waals surface area contributed by atoms with Gasteiger partial charge in [-0.05, 0) is 145 Å². The van der Waals surface area contributed by atoms with Crippen LogP contribution in [0.3, 0.4) is 0 Å². The molecule has 0 amide bonds. The molecule has 7 aromatic rings. The molecule has 5 heterocycles. The third kappa shape index (κ3) is 15.8. The lowest BCUT2D eigenvalue weighted by molar-refractivity contribution is 0.0488. The fourth-order valence-corrected chi connectivity index (χ4v) is 10.8. The summed E-state index contributed by atoms with van der Waals surface area (Å²) in [6.07, 6.45) is 25.3. The van der Waals surface area contributed by atoms with Crippen molar-refractivity contribution < 1.29 is 38.1 Å². The second-order valence-corrected chi connectivity index (χ2v) is 22.0. The van der Waals surface area contributed by atoms with Crippen molar-refractivity contribution in [1.29, 1.82) is 0 Å². The van der Waals surface area contributed by atoms with Gasteiger partial charge < -0.3 is 28.9 Å². The molecule has 0 atom stereocenters. The zero-order valence-electron chi connectivity index (χ0n) is 49.9. The second kappa shape index (κ2) is 30.8. The van der Waals surface area contributed by atoms with Crippen molar-refractivity contribution in [2.45, 2.75) is 137 Å². The van der Waals surface area contributed by atoms with E-state index in [2.05, 4.69) is 37.7 Å². The summed E-state index contributed by atoms with van der Waals surface area (Å²) in [6, 6.07) is 38.0. The Labute approximate surface area is 500 Å². The van der Waals surface area contributed by atoms with Gasteiger partial charge in [0, 0.05) is 44.3 Å². The van der Waals surface area contributed by atoms with E-state index in [1.165, 1.54) is 6.42 Å². The first-order chi connectivity index (χ1) is 41.7. The molecular formula is C73H80N4O8. The van der Waals surface area contributed by atoms with E-state index in [1.54, 1.807) is 48.5 Å². The second-order valence-electron chi connectivity index (χ2n) is 22.0. The van der Waals surface area contributed by atoms with E-state index in [9.17, 15) is 19.2 Å². The predicted molar refractivity (Wildman–Crippen MR) is 343 cm³/mol. The average molecular weight is 1140 g/mol. The number of carbonyl (C=O) groups is 4. The van der Waals surface area contributed by atoms with Crippen LogP contribution in [-0.2, 0) is 18.9 Å². The van der Waals surface area contributed by atoms with Crippen molar-refractivity contribution in [2.75, 3.05) is 26.4 Å². The van der Waals surface area contributed by atoms with Crippen molar-refractivity contribution in [1.82, 2.24) is 19.9 Å². The molecule has 4 aromatic carbocycles. The van der Waals surface area contributed by atoms with Crippen LogP contribution in [0.4, 0.5) is 0 Å². The van der Waals surface area contributed by atoms with Crippen molar-refractivity contribution in [3.05, 3.63) is 166 Å². The summed E-state index contributed by atoms with van der Waals surface area (Å²) in [4.78, 5) is 71.8. The molecule has 12 nitrogen and oxygen atoms in total. The maximum atomic E-state index is 13.4. The summed E-state index contributed by atoms with van der Waals surface area (Å²) < 4.78 is 22.8. The average Bonchev–Trinajstić information content (AvgIpc) is 2.28. The highest BCUT2D eigenvalue weighted by molar-refractivity contribution is 6.01. The minimum Gasteiger partial charge on any atom is -0.462 e. The summed E-state index contributed by atoms with van der Waals surface area (Å²) in [5, 5.41) is 0. The van der Waals surface area contributed by atoms with Crippen molar-refractivity contribution in [2.24, 2.45) is 0 Å². The van der Waals surface area contributed by atoms with Gasteiger partial charge in [0.2, 0.25) is 0 Å². The topological polar surface area (TPSA) is 163 Å². The number of fused-ring (bicyclic) bond motifs is 8. The number of carbonyl (C=O) groups excluding carboxylic acids is 4. The van der Waals surface area contributed by atoms with Gasteiger partial charge in [0.1, 0.15) is 0 Å². The highest BCUT2D eigenvalue weighted by atomic mass is 16.5. The monoisotopic (exact) mass is 1140 g/mol. The number of ether oxygens (including phenoxy) is 4. The minimum atomic E-state index is -0.370. The van der Waals surface area contributed by atoms with E-state index in [0.29, 0.717) is 71.5 Å². The number of hydrogen-bond acceptors (Lipinski definition) is 10. The van der Waals surface area contributed by atoms with E-state index >= 15 is 0 Å². The maximum absolute atomic E-state index is 13.4. The van der Waals surface area contributed by atoms with Crippen LogP contribution in [0.2, 0.25) is 0 Å². The Hall–Kier alpha value is -8.64. The fourth-order valence-electron chi connectivity index (χ4n) is 10.8. The lowest BCUT2D eigenvalue weighted by Gasteiger charge is -2.09. The number of aromatic amines is 2. The van der Waals surface area contributed by atoms with E-state index in [1.807, 2.05) is 97.1 Å². The van der Waals surface area contributed by atoms with Crippen LogP contribution >= 0.6 is 0 Å². The highest BCUT2D eigenvalue weighted by Crippen LogP contribution is 2.39. The first kappa shape index (κ1) is 60.9. The minimum absolute atomic E-state index is 0.366.